The molecule has 1 aromatic carbocycles. The summed E-state index contributed by atoms with van der Waals surface area (Å²) in [5, 5.41) is 8.36. The number of hydrogen-bond donors (Lipinski definition) is 1. The van der Waals surface area contributed by atoms with Gasteiger partial charge < -0.3 is 9.69 Å². The normalized spacial score (nSPS) is 16.4. The molecule has 142 valence electrons. The Labute approximate surface area is 170 Å². The van der Waals surface area contributed by atoms with E-state index in [1.807, 2.05) is 12.1 Å². The summed E-state index contributed by atoms with van der Waals surface area (Å²) >= 11 is 12.2. The fourth-order valence-electron chi connectivity index (χ4n) is 3.06. The summed E-state index contributed by atoms with van der Waals surface area (Å²) in [6.07, 6.45) is 2.38. The molecule has 1 amide bonds. The first-order valence-electron chi connectivity index (χ1n) is 8.51. The Morgan fingerprint density at radius 2 is 2.07 bits per heavy atom. The van der Waals surface area contributed by atoms with Crippen LogP contribution >= 0.6 is 23.2 Å². The third kappa shape index (κ3) is 3.64. The Hall–Kier alpha value is -2.74. The minimum atomic E-state index is -0.363. The molecule has 0 aliphatic carbocycles. The van der Waals surface area contributed by atoms with Crippen molar-refractivity contribution < 1.29 is 9.59 Å². The lowest BCUT2D eigenvalue weighted by atomic mass is 10.1. The van der Waals surface area contributed by atoms with Crippen molar-refractivity contribution in [3.63, 3.8) is 0 Å². The number of nitrogens with one attached hydrogen (secondary N) is 1. The number of carbonyl (C=O) groups is 2. The zero-order valence-electron chi connectivity index (χ0n) is 14.5. The molecule has 3 aromatic rings. The molecule has 28 heavy (non-hydrogen) atoms. The number of carbonyl (C=O) groups excluding carboxylic acids is 2. The Morgan fingerprint density at radius 3 is 2.79 bits per heavy atom. The maximum absolute atomic E-state index is 12.9. The predicted octanol–water partition coefficient (Wildman–Crippen LogP) is 2.81. The Bertz CT molecular complexity index is 989. The van der Waals surface area contributed by atoms with Crippen molar-refractivity contribution in [3.8, 4) is 16.9 Å². The highest BCUT2D eigenvalue weighted by atomic mass is 35.5. The van der Waals surface area contributed by atoms with Gasteiger partial charge >= 0.3 is 0 Å². The second-order valence-corrected chi connectivity index (χ2v) is 7.13. The van der Waals surface area contributed by atoms with Crippen LogP contribution in [0.15, 0.2) is 48.7 Å². The third-order valence-corrected chi connectivity index (χ3v) is 4.86. The van der Waals surface area contributed by atoms with Crippen LogP contribution < -0.4 is 5.32 Å². The van der Waals surface area contributed by atoms with E-state index in [1.165, 1.54) is 0 Å². The van der Waals surface area contributed by atoms with Crippen LogP contribution in [0.2, 0.25) is 10.2 Å². The van der Waals surface area contributed by atoms with Gasteiger partial charge in [-0.2, -0.15) is 5.10 Å². The number of rotatable bonds is 4. The molecule has 0 bridgehead atoms. The van der Waals surface area contributed by atoms with Gasteiger partial charge in [0.15, 0.2) is 5.69 Å². The largest absolute Gasteiger partial charge is 0.322 e. The molecule has 2 aromatic heterocycles. The van der Waals surface area contributed by atoms with Crippen LogP contribution in [0.5, 0.6) is 0 Å². The van der Waals surface area contributed by atoms with Gasteiger partial charge in [-0.3, -0.25) is 10.1 Å². The maximum Gasteiger partial charge on any atom is 0.275 e. The number of benzene rings is 1. The first kappa shape index (κ1) is 18.6. The van der Waals surface area contributed by atoms with Gasteiger partial charge in [0, 0.05) is 23.3 Å². The number of nitrogens with zero attached hydrogens (tertiary/aromatic N) is 4. The van der Waals surface area contributed by atoms with Crippen molar-refractivity contribution in [2.75, 3.05) is 13.2 Å². The third-order valence-electron chi connectivity index (χ3n) is 4.42. The zero-order chi connectivity index (χ0) is 19.7. The fraction of sp³-hybridized carbons (Fsp3) is 0.158. The fourth-order valence-corrected chi connectivity index (χ4v) is 3.42. The Kier molecular flexibility index (Phi) is 5.13. The van der Waals surface area contributed by atoms with Gasteiger partial charge in [0.25, 0.3) is 5.91 Å². The van der Waals surface area contributed by atoms with Crippen molar-refractivity contribution in [2.24, 2.45) is 0 Å². The highest BCUT2D eigenvalue weighted by Crippen LogP contribution is 2.27. The van der Waals surface area contributed by atoms with Crippen molar-refractivity contribution in [1.29, 1.82) is 0 Å². The lowest BCUT2D eigenvalue weighted by molar-refractivity contribution is -0.109. The van der Waals surface area contributed by atoms with Crippen LogP contribution in [-0.2, 0) is 4.79 Å². The summed E-state index contributed by atoms with van der Waals surface area (Å²) in [5.41, 5.74) is 2.40. The summed E-state index contributed by atoms with van der Waals surface area (Å²) in [5.74, 6) is -0.265. The highest BCUT2D eigenvalue weighted by molar-refractivity contribution is 6.30. The van der Waals surface area contributed by atoms with Crippen molar-refractivity contribution >= 4 is 35.4 Å². The van der Waals surface area contributed by atoms with Crippen LogP contribution in [0.3, 0.4) is 0 Å². The zero-order valence-corrected chi connectivity index (χ0v) is 16.1. The van der Waals surface area contributed by atoms with E-state index < -0.39 is 0 Å². The van der Waals surface area contributed by atoms with E-state index in [9.17, 15) is 9.59 Å². The van der Waals surface area contributed by atoms with Crippen molar-refractivity contribution in [2.45, 2.75) is 6.04 Å². The van der Waals surface area contributed by atoms with Crippen LogP contribution in [0.4, 0.5) is 0 Å². The SMILES string of the molecule is O=CC1CN(C(=O)c2cc(-c3ccnc(Cl)c3)n(-c3cccc(Cl)c3)n2)CN1. The number of aromatic nitrogens is 3. The number of halogens is 2. The minimum Gasteiger partial charge on any atom is -0.322 e. The van der Waals surface area contributed by atoms with Gasteiger partial charge in [-0.05, 0) is 36.4 Å². The minimum absolute atomic E-state index is 0.260. The van der Waals surface area contributed by atoms with E-state index in [2.05, 4.69) is 15.4 Å². The smallest absolute Gasteiger partial charge is 0.275 e. The first-order valence-corrected chi connectivity index (χ1v) is 9.26. The standard InChI is InChI=1S/C19H15Cl2N5O2/c20-13-2-1-3-15(7-13)26-17(12-4-5-22-18(21)6-12)8-16(24-26)19(28)25-9-14(10-27)23-11-25/h1-8,10,14,23H,9,11H2. The molecule has 1 aliphatic heterocycles. The van der Waals surface area contributed by atoms with Gasteiger partial charge in [-0.15, -0.1) is 0 Å². The van der Waals surface area contributed by atoms with Crippen LogP contribution in [-0.4, -0.2) is 51.1 Å². The summed E-state index contributed by atoms with van der Waals surface area (Å²) in [4.78, 5) is 29.4. The molecule has 4 rings (SSSR count). The molecule has 9 heteroatoms. The molecular formula is C19H15Cl2N5O2. The number of amides is 1. The molecule has 1 saturated heterocycles. The molecule has 1 fully saturated rings. The lowest BCUT2D eigenvalue weighted by Crippen LogP contribution is -2.30. The average molecular weight is 416 g/mol. The van der Waals surface area contributed by atoms with E-state index in [0.717, 1.165) is 11.8 Å². The maximum atomic E-state index is 12.9. The monoisotopic (exact) mass is 415 g/mol. The summed E-state index contributed by atoms with van der Waals surface area (Å²) in [6.45, 7) is 0.603. The number of hydrogen-bond acceptors (Lipinski definition) is 5. The second kappa shape index (κ2) is 7.71. The Balaban J connectivity index is 1.78. The van der Waals surface area contributed by atoms with E-state index in [-0.39, 0.29) is 17.6 Å². The molecule has 1 N–H and O–H groups in total. The molecule has 1 aliphatic rings. The van der Waals surface area contributed by atoms with E-state index in [0.29, 0.717) is 34.8 Å². The lowest BCUT2D eigenvalue weighted by Gasteiger charge is -2.12. The summed E-state index contributed by atoms with van der Waals surface area (Å²) in [7, 11) is 0. The highest BCUT2D eigenvalue weighted by Gasteiger charge is 2.28. The number of aldehydes is 1. The molecule has 1 unspecified atom stereocenters. The van der Waals surface area contributed by atoms with Gasteiger partial charge in [-0.25, -0.2) is 9.67 Å². The molecule has 7 nitrogen and oxygen atoms in total. The Morgan fingerprint density at radius 1 is 1.21 bits per heavy atom. The first-order chi connectivity index (χ1) is 13.5. The molecule has 0 spiro atoms. The number of pyridine rings is 1. The molecular weight excluding hydrogens is 401 g/mol. The molecule has 0 saturated carbocycles. The molecule has 1 atom stereocenters. The van der Waals surface area contributed by atoms with Gasteiger partial charge in [0.1, 0.15) is 11.4 Å². The van der Waals surface area contributed by atoms with E-state index >= 15 is 0 Å². The van der Waals surface area contributed by atoms with E-state index in [4.69, 9.17) is 23.2 Å². The molecule has 0 radical (unpaired) electrons. The van der Waals surface area contributed by atoms with Gasteiger partial charge in [-0.1, -0.05) is 29.3 Å². The molecule has 3 heterocycles. The van der Waals surface area contributed by atoms with Crippen LogP contribution in [0, 0.1) is 0 Å². The predicted molar refractivity (Wildman–Crippen MR) is 106 cm³/mol. The van der Waals surface area contributed by atoms with E-state index in [1.54, 1.807) is 46.1 Å². The van der Waals surface area contributed by atoms with Crippen LogP contribution in [0.25, 0.3) is 16.9 Å². The van der Waals surface area contributed by atoms with Crippen molar-refractivity contribution in [1.82, 2.24) is 25.0 Å². The van der Waals surface area contributed by atoms with Gasteiger partial charge in [0.05, 0.1) is 24.1 Å². The van der Waals surface area contributed by atoms with Gasteiger partial charge in [0.2, 0.25) is 0 Å². The average Bonchev–Trinajstić information content (AvgIpc) is 3.35. The van der Waals surface area contributed by atoms with Crippen LogP contribution in [0.1, 0.15) is 10.5 Å². The van der Waals surface area contributed by atoms with Crippen molar-refractivity contribution in [3.05, 3.63) is 64.5 Å². The topological polar surface area (TPSA) is 80.1 Å². The summed E-state index contributed by atoms with van der Waals surface area (Å²) < 4.78 is 1.64. The quantitative estimate of drug-likeness (QED) is 0.523. The summed E-state index contributed by atoms with van der Waals surface area (Å²) in [6, 6.07) is 12.0. The second-order valence-electron chi connectivity index (χ2n) is 6.31.